The van der Waals surface area contributed by atoms with Crippen molar-refractivity contribution in [2.24, 2.45) is 7.05 Å². The van der Waals surface area contributed by atoms with Gasteiger partial charge < -0.3 is 19.5 Å². The van der Waals surface area contributed by atoms with E-state index in [2.05, 4.69) is 11.1 Å². The molecule has 9 nitrogen and oxygen atoms in total. The number of amides is 1. The van der Waals surface area contributed by atoms with E-state index in [0.717, 1.165) is 0 Å². The lowest BCUT2D eigenvalue weighted by molar-refractivity contribution is -0.148. The summed E-state index contributed by atoms with van der Waals surface area (Å²) in [5.41, 5.74) is -1.49. The third-order valence-electron chi connectivity index (χ3n) is 9.01. The average Bonchev–Trinajstić information content (AvgIpc) is 3.74. The molecular formula is C35H32ClFN4O5. The molecule has 1 saturated carbocycles. The Labute approximate surface area is 270 Å². The number of aromatic nitrogens is 2. The van der Waals surface area contributed by atoms with E-state index in [1.54, 1.807) is 61.1 Å². The van der Waals surface area contributed by atoms with Crippen molar-refractivity contribution in [3.8, 4) is 6.07 Å². The Hall–Kier alpha value is -4.40. The summed E-state index contributed by atoms with van der Waals surface area (Å²) in [6, 6.07) is 16.1. The number of halogens is 2. The van der Waals surface area contributed by atoms with E-state index in [0.29, 0.717) is 45.8 Å². The molecule has 0 spiro atoms. The van der Waals surface area contributed by atoms with Crippen molar-refractivity contribution in [2.45, 2.75) is 63.2 Å². The summed E-state index contributed by atoms with van der Waals surface area (Å²) >= 11 is 6.26. The molecule has 2 N–H and O–H groups in total. The molecule has 1 aromatic heterocycles. The van der Waals surface area contributed by atoms with Gasteiger partial charge in [-0.2, -0.15) is 5.26 Å². The maximum Gasteiger partial charge on any atom is 0.257 e. The molecule has 46 heavy (non-hydrogen) atoms. The molecule has 6 rings (SSSR count). The van der Waals surface area contributed by atoms with Gasteiger partial charge in [-0.1, -0.05) is 36.7 Å². The van der Waals surface area contributed by atoms with Crippen molar-refractivity contribution in [1.29, 1.82) is 5.26 Å². The van der Waals surface area contributed by atoms with Gasteiger partial charge in [0.05, 0.1) is 47.5 Å². The molecule has 0 radical (unpaired) electrons. The Morgan fingerprint density at radius 1 is 1.17 bits per heavy atom. The number of nitrogens with zero attached hydrogens (tertiary/aromatic N) is 4. The van der Waals surface area contributed by atoms with E-state index >= 15 is 4.39 Å². The molecule has 0 saturated heterocycles. The number of ether oxygens (including phenoxy) is 1. The largest absolute Gasteiger partial charge is 0.392 e. The highest BCUT2D eigenvalue weighted by Gasteiger charge is 2.56. The number of aryl methyl sites for hydroxylation is 1. The topological polar surface area (TPSA) is 129 Å². The first-order valence-corrected chi connectivity index (χ1v) is 15.4. The van der Waals surface area contributed by atoms with Crippen LogP contribution in [0.4, 0.5) is 4.39 Å². The van der Waals surface area contributed by atoms with Crippen LogP contribution >= 0.6 is 11.6 Å². The molecular weight excluding hydrogens is 611 g/mol. The predicted molar refractivity (Wildman–Crippen MR) is 166 cm³/mol. The van der Waals surface area contributed by atoms with Crippen LogP contribution in [0, 0.1) is 17.1 Å². The number of nitriles is 1. The molecule has 2 heterocycles. The molecule has 11 heteroatoms. The zero-order chi connectivity index (χ0) is 32.8. The minimum Gasteiger partial charge on any atom is -0.392 e. The number of carbonyl (C=O) groups excluding carboxylic acids is 2. The molecule has 0 bridgehead atoms. The Morgan fingerprint density at radius 2 is 1.93 bits per heavy atom. The zero-order valence-electron chi connectivity index (χ0n) is 25.3. The van der Waals surface area contributed by atoms with Gasteiger partial charge >= 0.3 is 0 Å². The van der Waals surface area contributed by atoms with Crippen LogP contribution in [0.25, 0.3) is 0 Å². The van der Waals surface area contributed by atoms with Crippen LogP contribution in [-0.4, -0.2) is 42.5 Å². The van der Waals surface area contributed by atoms with Gasteiger partial charge in [-0.3, -0.25) is 14.5 Å². The number of carbonyl (C=O) groups is 2. The number of hydrogen-bond donors (Lipinski definition) is 2. The van der Waals surface area contributed by atoms with Gasteiger partial charge in [-0.05, 0) is 65.9 Å². The Kier molecular flexibility index (Phi) is 8.29. The fraction of sp³-hybridized carbons (Fsp3) is 0.314. The number of ketones is 1. The number of benzene rings is 3. The summed E-state index contributed by atoms with van der Waals surface area (Å²) in [7, 11) is 1.76. The quantitative estimate of drug-likeness (QED) is 0.256. The summed E-state index contributed by atoms with van der Waals surface area (Å²) < 4.78 is 25.4. The van der Waals surface area contributed by atoms with Crippen molar-refractivity contribution in [3.05, 3.63) is 123 Å². The summed E-state index contributed by atoms with van der Waals surface area (Å²) in [5.74, 6) is -1.36. The van der Waals surface area contributed by atoms with Gasteiger partial charge in [0, 0.05) is 43.2 Å². The third-order valence-corrected chi connectivity index (χ3v) is 9.26. The van der Waals surface area contributed by atoms with Gasteiger partial charge in [0.1, 0.15) is 17.2 Å². The summed E-state index contributed by atoms with van der Waals surface area (Å²) in [4.78, 5) is 32.7. The molecule has 1 amide bonds. The van der Waals surface area contributed by atoms with Crippen molar-refractivity contribution >= 4 is 23.3 Å². The highest BCUT2D eigenvalue weighted by molar-refractivity contribution is 6.30. The smallest absolute Gasteiger partial charge is 0.257 e. The normalized spacial score (nSPS) is 20.5. The molecule has 1 aliphatic carbocycles. The van der Waals surface area contributed by atoms with Crippen molar-refractivity contribution in [3.63, 3.8) is 0 Å². The van der Waals surface area contributed by atoms with E-state index in [9.17, 15) is 25.1 Å². The van der Waals surface area contributed by atoms with Crippen LogP contribution in [-0.2, 0) is 41.1 Å². The van der Waals surface area contributed by atoms with Crippen molar-refractivity contribution < 1.29 is 28.9 Å². The highest BCUT2D eigenvalue weighted by Crippen LogP contribution is 2.50. The third kappa shape index (κ3) is 5.19. The van der Waals surface area contributed by atoms with E-state index in [1.807, 2.05) is 0 Å². The second-order valence-corrected chi connectivity index (χ2v) is 12.3. The second-order valence-electron chi connectivity index (χ2n) is 11.8. The van der Waals surface area contributed by atoms with Crippen molar-refractivity contribution in [2.75, 3.05) is 0 Å². The van der Waals surface area contributed by atoms with Gasteiger partial charge in [0.2, 0.25) is 5.72 Å². The van der Waals surface area contributed by atoms with E-state index in [-0.39, 0.29) is 41.9 Å². The number of Topliss-reactive ketones (excluding diaryl/α,β-unsaturated/α-hetero) is 1. The molecule has 2 aliphatic rings. The summed E-state index contributed by atoms with van der Waals surface area (Å²) in [6.45, 7) is 1.21. The first-order chi connectivity index (χ1) is 22.0. The monoisotopic (exact) mass is 642 g/mol. The standard InChI is InChI=1S/C35H32ClFN4O5/c1-3-34(45,31-18-40(2)20-39-31)25-13-29-32(30(37)14-25)35(24-6-8-26(36)9-7-24,46-28-11-10-27(43)15-28)41(33(29)44)17-22-5-4-21(16-38)12-23(22)19-42/h4-9,12-14,18,20,28,42,45H,3,10-11,15,17,19H2,1-2H3/t28-,34?,35+/m0/s1. The Bertz CT molecular complexity index is 1890. The van der Waals surface area contributed by atoms with E-state index in [1.165, 1.54) is 29.4 Å². The number of rotatable bonds is 9. The van der Waals surface area contributed by atoms with Crippen LogP contribution in [0.5, 0.6) is 0 Å². The maximum absolute atomic E-state index is 16.9. The Morgan fingerprint density at radius 3 is 2.54 bits per heavy atom. The predicted octanol–water partition coefficient (Wildman–Crippen LogP) is 5.22. The van der Waals surface area contributed by atoms with Crippen LogP contribution < -0.4 is 0 Å². The minimum absolute atomic E-state index is 0.00111. The minimum atomic E-state index is -1.84. The van der Waals surface area contributed by atoms with Gasteiger partial charge in [-0.25, -0.2) is 9.37 Å². The highest BCUT2D eigenvalue weighted by atomic mass is 35.5. The Balaban J connectivity index is 1.60. The number of fused-ring (bicyclic) bond motifs is 1. The number of aliphatic hydroxyl groups is 2. The SMILES string of the molecule is CCC(O)(c1cc(F)c2c(c1)C(=O)N(Cc1ccc(C#N)cc1CO)[C@@]2(O[C@H]1CCC(=O)C1)c1ccc(Cl)cc1)c1cn(C)cn1. The van der Waals surface area contributed by atoms with E-state index in [4.69, 9.17) is 16.3 Å². The van der Waals surface area contributed by atoms with Gasteiger partial charge in [0.25, 0.3) is 5.91 Å². The maximum atomic E-state index is 16.9. The molecule has 1 unspecified atom stereocenters. The molecule has 4 aromatic rings. The lowest BCUT2D eigenvalue weighted by Gasteiger charge is -2.41. The lowest BCUT2D eigenvalue weighted by atomic mass is 9.84. The fourth-order valence-electron chi connectivity index (χ4n) is 6.58. The van der Waals surface area contributed by atoms with Crippen LogP contribution in [0.2, 0.25) is 5.02 Å². The van der Waals surface area contributed by atoms with E-state index < -0.39 is 35.8 Å². The zero-order valence-corrected chi connectivity index (χ0v) is 26.1. The molecule has 236 valence electrons. The van der Waals surface area contributed by atoms with Crippen LogP contribution in [0.3, 0.4) is 0 Å². The molecule has 3 aromatic carbocycles. The fourth-order valence-corrected chi connectivity index (χ4v) is 6.71. The van der Waals surface area contributed by atoms with Gasteiger partial charge in [0.15, 0.2) is 0 Å². The van der Waals surface area contributed by atoms with Gasteiger partial charge in [-0.15, -0.1) is 0 Å². The van der Waals surface area contributed by atoms with Crippen LogP contribution in [0.15, 0.2) is 67.1 Å². The first kappa shape index (κ1) is 31.6. The molecule has 1 fully saturated rings. The number of hydrogen-bond acceptors (Lipinski definition) is 7. The molecule has 3 atom stereocenters. The second kappa shape index (κ2) is 12.1. The summed E-state index contributed by atoms with van der Waals surface area (Å²) in [6.07, 6.45) is 3.48. The first-order valence-electron chi connectivity index (χ1n) is 15.0. The van der Waals surface area contributed by atoms with Crippen LogP contribution in [0.1, 0.15) is 82.0 Å². The average molecular weight is 643 g/mol. The van der Waals surface area contributed by atoms with Crippen molar-refractivity contribution in [1.82, 2.24) is 14.5 Å². The summed E-state index contributed by atoms with van der Waals surface area (Å²) in [5, 5.41) is 31.9. The number of aliphatic hydroxyl groups excluding tert-OH is 1. The molecule has 1 aliphatic heterocycles. The number of imidazole rings is 1. The lowest BCUT2D eigenvalue weighted by Crippen LogP contribution is -2.48.